The van der Waals surface area contributed by atoms with E-state index in [4.69, 9.17) is 11.6 Å². The molecule has 130 valence electrons. The lowest BCUT2D eigenvalue weighted by molar-refractivity contribution is -0.137. The third-order valence-electron chi connectivity index (χ3n) is 3.04. The van der Waals surface area contributed by atoms with Crippen LogP contribution >= 0.6 is 11.6 Å². The van der Waals surface area contributed by atoms with E-state index in [-0.39, 0.29) is 18.0 Å². The molecule has 0 bridgehead atoms. The maximum Gasteiger partial charge on any atom is 0.417 e. The van der Waals surface area contributed by atoms with Crippen LogP contribution in [-0.2, 0) is 11.0 Å². The molecule has 0 saturated heterocycles. The molecular weight excluding hydrogens is 331 g/mol. The molecule has 23 heavy (non-hydrogen) atoms. The highest BCUT2D eigenvalue weighted by Gasteiger charge is 2.33. The van der Waals surface area contributed by atoms with Crippen molar-refractivity contribution in [3.05, 3.63) is 28.8 Å². The van der Waals surface area contributed by atoms with Gasteiger partial charge in [-0.2, -0.15) is 13.2 Å². The van der Waals surface area contributed by atoms with Crippen LogP contribution in [0.25, 0.3) is 0 Å². The number of carbonyl (C=O) groups is 1. The molecule has 1 amide bonds. The van der Waals surface area contributed by atoms with E-state index in [9.17, 15) is 18.0 Å². The molecule has 4 nitrogen and oxygen atoms in total. The average molecular weight is 352 g/mol. The van der Waals surface area contributed by atoms with Gasteiger partial charge in [0.05, 0.1) is 10.6 Å². The fourth-order valence-corrected chi connectivity index (χ4v) is 2.12. The Labute approximate surface area is 139 Å². The summed E-state index contributed by atoms with van der Waals surface area (Å²) in [5, 5.41) is 5.17. The van der Waals surface area contributed by atoms with E-state index < -0.39 is 16.8 Å². The van der Waals surface area contributed by atoms with Gasteiger partial charge in [0.1, 0.15) is 0 Å². The molecule has 0 aliphatic carbocycles. The van der Waals surface area contributed by atoms with Crippen molar-refractivity contribution < 1.29 is 18.0 Å². The second kappa shape index (κ2) is 9.10. The highest BCUT2D eigenvalue weighted by Crippen LogP contribution is 2.36. The number of hydrogen-bond acceptors (Lipinski definition) is 3. The highest BCUT2D eigenvalue weighted by atomic mass is 35.5. The van der Waals surface area contributed by atoms with Crippen molar-refractivity contribution in [3.63, 3.8) is 0 Å². The van der Waals surface area contributed by atoms with Gasteiger partial charge >= 0.3 is 6.18 Å². The first kappa shape index (κ1) is 19.7. The number of nitrogens with zero attached hydrogens (tertiary/aromatic N) is 1. The van der Waals surface area contributed by atoms with Crippen LogP contribution in [0.4, 0.5) is 18.9 Å². The van der Waals surface area contributed by atoms with Gasteiger partial charge in [-0.15, -0.1) is 0 Å². The molecule has 1 rings (SSSR count). The van der Waals surface area contributed by atoms with Crippen LogP contribution in [0.2, 0.25) is 5.02 Å². The number of halogens is 4. The minimum Gasteiger partial charge on any atom is -0.326 e. The minimum atomic E-state index is -4.55. The van der Waals surface area contributed by atoms with Gasteiger partial charge < -0.3 is 15.5 Å². The topological polar surface area (TPSA) is 44.4 Å². The summed E-state index contributed by atoms with van der Waals surface area (Å²) in [6.07, 6.45) is -3.40. The van der Waals surface area contributed by atoms with Crippen molar-refractivity contribution in [2.24, 2.45) is 0 Å². The molecule has 0 aliphatic heterocycles. The second-order valence-corrected chi connectivity index (χ2v) is 5.80. The summed E-state index contributed by atoms with van der Waals surface area (Å²) in [6.45, 7) is 2.20. The predicted octanol–water partition coefficient (Wildman–Crippen LogP) is 3.23. The Morgan fingerprint density at radius 2 is 1.96 bits per heavy atom. The molecule has 0 spiro atoms. The van der Waals surface area contributed by atoms with E-state index >= 15 is 0 Å². The van der Waals surface area contributed by atoms with Crippen LogP contribution < -0.4 is 10.6 Å². The Hall–Kier alpha value is -1.31. The second-order valence-electron chi connectivity index (χ2n) is 5.40. The van der Waals surface area contributed by atoms with Crippen molar-refractivity contribution in [3.8, 4) is 0 Å². The molecule has 0 heterocycles. The molecule has 8 heteroatoms. The Balaban J connectivity index is 2.40. The van der Waals surface area contributed by atoms with E-state index in [0.717, 1.165) is 31.6 Å². The number of nitrogens with one attached hydrogen (secondary N) is 2. The van der Waals surface area contributed by atoms with Gasteiger partial charge in [-0.3, -0.25) is 4.79 Å². The first-order valence-corrected chi connectivity index (χ1v) is 7.60. The number of carbonyl (C=O) groups excluding carboxylic acids is 1. The molecule has 0 aromatic heterocycles. The Morgan fingerprint density at radius 3 is 2.57 bits per heavy atom. The minimum absolute atomic E-state index is 0.0827. The molecular formula is C15H21ClF3N3O. The summed E-state index contributed by atoms with van der Waals surface area (Å²) in [5.74, 6) is -0.347. The zero-order valence-corrected chi connectivity index (χ0v) is 13.9. The summed E-state index contributed by atoms with van der Waals surface area (Å²) in [6, 6.07) is 3.31. The Morgan fingerprint density at radius 1 is 1.26 bits per heavy atom. The van der Waals surface area contributed by atoms with Gasteiger partial charge in [0.2, 0.25) is 5.91 Å². The summed E-state index contributed by atoms with van der Waals surface area (Å²) in [4.78, 5) is 13.8. The molecule has 0 fully saturated rings. The average Bonchev–Trinajstić information content (AvgIpc) is 2.43. The highest BCUT2D eigenvalue weighted by molar-refractivity contribution is 6.31. The lowest BCUT2D eigenvalue weighted by Crippen LogP contribution is -2.25. The van der Waals surface area contributed by atoms with Gasteiger partial charge in [-0.1, -0.05) is 11.6 Å². The molecule has 0 atom stereocenters. The molecule has 0 unspecified atom stereocenters. The Bertz CT molecular complexity index is 521. The maximum atomic E-state index is 12.7. The maximum absolute atomic E-state index is 12.7. The normalized spacial score (nSPS) is 11.8. The van der Waals surface area contributed by atoms with Crippen LogP contribution in [0.5, 0.6) is 0 Å². The molecule has 0 radical (unpaired) electrons. The molecule has 1 aromatic rings. The SMILES string of the molecule is CN(C)CCCNCCC(=O)Nc1ccc(Cl)c(C(F)(F)F)c1. The zero-order valence-electron chi connectivity index (χ0n) is 13.1. The summed E-state index contributed by atoms with van der Waals surface area (Å²) in [7, 11) is 3.96. The standard InChI is InChI=1S/C15H21ClF3N3O/c1-22(2)9-3-7-20-8-6-14(23)21-11-4-5-13(16)12(10-11)15(17,18)19/h4-5,10,20H,3,6-9H2,1-2H3,(H,21,23). The number of benzene rings is 1. The summed E-state index contributed by atoms with van der Waals surface area (Å²) < 4.78 is 38.2. The van der Waals surface area contributed by atoms with E-state index in [2.05, 4.69) is 15.5 Å². The van der Waals surface area contributed by atoms with Crippen molar-refractivity contribution in [2.45, 2.75) is 19.0 Å². The molecule has 0 aliphatic rings. The third-order valence-corrected chi connectivity index (χ3v) is 3.37. The van der Waals surface area contributed by atoms with Crippen LogP contribution in [0.15, 0.2) is 18.2 Å². The Kier molecular flexibility index (Phi) is 7.81. The number of amides is 1. The van der Waals surface area contributed by atoms with Crippen molar-refractivity contribution >= 4 is 23.2 Å². The summed E-state index contributed by atoms with van der Waals surface area (Å²) in [5.41, 5.74) is -0.877. The molecule has 1 aromatic carbocycles. The van der Waals surface area contributed by atoms with E-state index in [1.165, 1.54) is 6.07 Å². The van der Waals surface area contributed by atoms with E-state index in [0.29, 0.717) is 6.54 Å². The summed E-state index contributed by atoms with van der Waals surface area (Å²) >= 11 is 5.53. The van der Waals surface area contributed by atoms with Gasteiger partial charge in [0, 0.05) is 18.7 Å². The van der Waals surface area contributed by atoms with Crippen molar-refractivity contribution in [1.29, 1.82) is 0 Å². The van der Waals surface area contributed by atoms with E-state index in [1.54, 1.807) is 0 Å². The van der Waals surface area contributed by atoms with Crippen molar-refractivity contribution in [1.82, 2.24) is 10.2 Å². The fourth-order valence-electron chi connectivity index (χ4n) is 1.89. The lowest BCUT2D eigenvalue weighted by atomic mass is 10.2. The van der Waals surface area contributed by atoms with Crippen molar-refractivity contribution in [2.75, 3.05) is 39.0 Å². The largest absolute Gasteiger partial charge is 0.417 e. The number of alkyl halides is 3. The van der Waals surface area contributed by atoms with Gasteiger partial charge in [0.25, 0.3) is 0 Å². The predicted molar refractivity (Wildman–Crippen MR) is 85.7 cm³/mol. The van der Waals surface area contributed by atoms with Gasteiger partial charge in [0.15, 0.2) is 0 Å². The number of hydrogen-bond donors (Lipinski definition) is 2. The van der Waals surface area contributed by atoms with Crippen LogP contribution in [0, 0.1) is 0 Å². The van der Waals surface area contributed by atoms with Gasteiger partial charge in [-0.25, -0.2) is 0 Å². The first-order chi connectivity index (χ1) is 10.7. The molecule has 0 saturated carbocycles. The smallest absolute Gasteiger partial charge is 0.326 e. The fraction of sp³-hybridized carbons (Fsp3) is 0.533. The third kappa shape index (κ3) is 7.67. The first-order valence-electron chi connectivity index (χ1n) is 7.22. The quantitative estimate of drug-likeness (QED) is 0.707. The number of rotatable bonds is 8. The zero-order chi connectivity index (χ0) is 17.5. The van der Waals surface area contributed by atoms with Crippen LogP contribution in [0.3, 0.4) is 0 Å². The number of anilines is 1. The van der Waals surface area contributed by atoms with Gasteiger partial charge in [-0.05, 0) is 51.8 Å². The van der Waals surface area contributed by atoms with Crippen LogP contribution in [0.1, 0.15) is 18.4 Å². The lowest BCUT2D eigenvalue weighted by Gasteiger charge is -2.12. The van der Waals surface area contributed by atoms with Crippen LogP contribution in [-0.4, -0.2) is 44.5 Å². The molecule has 2 N–H and O–H groups in total. The monoisotopic (exact) mass is 351 g/mol. The van der Waals surface area contributed by atoms with E-state index in [1.807, 2.05) is 14.1 Å².